The molecule has 0 radical (unpaired) electrons. The molecule has 3 nitrogen and oxygen atoms in total. The van der Waals surface area contributed by atoms with E-state index in [1.54, 1.807) is 6.07 Å². The molecule has 2 rings (SSSR count). The van der Waals surface area contributed by atoms with Gasteiger partial charge in [0.1, 0.15) is 5.82 Å². The predicted octanol–water partition coefficient (Wildman–Crippen LogP) is 1.81. The van der Waals surface area contributed by atoms with Crippen molar-refractivity contribution < 1.29 is 4.39 Å². The summed E-state index contributed by atoms with van der Waals surface area (Å²) in [6.07, 6.45) is 2.29. The van der Waals surface area contributed by atoms with E-state index in [-0.39, 0.29) is 5.82 Å². The number of rotatable bonds is 3. The van der Waals surface area contributed by atoms with Crippen LogP contribution in [0.2, 0.25) is 0 Å². The summed E-state index contributed by atoms with van der Waals surface area (Å²) < 4.78 is 13.2. The fourth-order valence-corrected chi connectivity index (χ4v) is 2.64. The van der Waals surface area contributed by atoms with E-state index in [0.717, 1.165) is 37.2 Å². The minimum Gasteiger partial charge on any atom is -0.371 e. The number of hydrogen-bond acceptors (Lipinski definition) is 3. The zero-order valence-corrected chi connectivity index (χ0v) is 11.2. The minimum atomic E-state index is -0.212. The van der Waals surface area contributed by atoms with E-state index in [2.05, 4.69) is 23.9 Å². The summed E-state index contributed by atoms with van der Waals surface area (Å²) >= 11 is 0. The molecule has 0 spiro atoms. The molecule has 0 bridgehead atoms. The standard InChI is InChI=1S/C14H22FN3/c1-17-7-5-13(6-8-17)18(2)14-4-3-12(15)9-11(14)10-16/h3-4,9,13H,5-8,10,16H2,1-2H3. The maximum atomic E-state index is 13.2. The van der Waals surface area contributed by atoms with Gasteiger partial charge in [-0.05, 0) is 56.7 Å². The van der Waals surface area contributed by atoms with Gasteiger partial charge in [0.25, 0.3) is 0 Å². The topological polar surface area (TPSA) is 32.5 Å². The molecule has 2 N–H and O–H groups in total. The Morgan fingerprint density at radius 2 is 2.06 bits per heavy atom. The molecule has 0 atom stereocenters. The van der Waals surface area contributed by atoms with Gasteiger partial charge in [0, 0.05) is 25.3 Å². The van der Waals surface area contributed by atoms with Crippen LogP contribution >= 0.6 is 0 Å². The molecule has 100 valence electrons. The highest BCUT2D eigenvalue weighted by Crippen LogP contribution is 2.25. The molecule has 1 saturated heterocycles. The highest BCUT2D eigenvalue weighted by atomic mass is 19.1. The molecule has 1 aromatic carbocycles. The zero-order chi connectivity index (χ0) is 13.1. The van der Waals surface area contributed by atoms with Crippen LogP contribution in [0.15, 0.2) is 18.2 Å². The molecule has 0 saturated carbocycles. The average Bonchev–Trinajstić information content (AvgIpc) is 2.38. The third kappa shape index (κ3) is 2.82. The van der Waals surface area contributed by atoms with E-state index in [0.29, 0.717) is 12.6 Å². The first-order valence-corrected chi connectivity index (χ1v) is 6.51. The van der Waals surface area contributed by atoms with E-state index in [4.69, 9.17) is 5.73 Å². The zero-order valence-electron chi connectivity index (χ0n) is 11.2. The van der Waals surface area contributed by atoms with Crippen molar-refractivity contribution in [2.45, 2.75) is 25.4 Å². The molecule has 1 aliphatic heterocycles. The molecular formula is C14H22FN3. The molecule has 4 heteroatoms. The smallest absolute Gasteiger partial charge is 0.123 e. The van der Waals surface area contributed by atoms with Crippen LogP contribution in [0, 0.1) is 5.82 Å². The molecule has 18 heavy (non-hydrogen) atoms. The summed E-state index contributed by atoms with van der Waals surface area (Å²) in [5.41, 5.74) is 7.66. The lowest BCUT2D eigenvalue weighted by Gasteiger charge is -2.37. The maximum absolute atomic E-state index is 13.2. The fraction of sp³-hybridized carbons (Fsp3) is 0.571. The first-order valence-electron chi connectivity index (χ1n) is 6.51. The Morgan fingerprint density at radius 3 is 2.67 bits per heavy atom. The van der Waals surface area contributed by atoms with Gasteiger partial charge in [-0.25, -0.2) is 4.39 Å². The Balaban J connectivity index is 2.15. The van der Waals surface area contributed by atoms with E-state index in [1.807, 2.05) is 6.07 Å². The third-order valence-electron chi connectivity index (χ3n) is 3.88. The van der Waals surface area contributed by atoms with Crippen molar-refractivity contribution >= 4 is 5.69 Å². The van der Waals surface area contributed by atoms with Crippen LogP contribution in [-0.2, 0) is 6.54 Å². The molecule has 0 amide bonds. The first kappa shape index (κ1) is 13.3. The Labute approximate surface area is 108 Å². The maximum Gasteiger partial charge on any atom is 0.123 e. The van der Waals surface area contributed by atoms with Gasteiger partial charge in [0.05, 0.1) is 0 Å². The Hall–Kier alpha value is -1.13. The third-order valence-corrected chi connectivity index (χ3v) is 3.88. The van der Waals surface area contributed by atoms with Gasteiger partial charge in [0.15, 0.2) is 0 Å². The lowest BCUT2D eigenvalue weighted by molar-refractivity contribution is 0.252. The number of nitrogens with zero attached hydrogens (tertiary/aromatic N) is 2. The highest BCUT2D eigenvalue weighted by molar-refractivity contribution is 5.54. The largest absolute Gasteiger partial charge is 0.371 e. The SMILES string of the molecule is CN1CCC(N(C)c2ccc(F)cc2CN)CC1. The van der Waals surface area contributed by atoms with Crippen molar-refractivity contribution in [1.82, 2.24) is 4.90 Å². The second-order valence-electron chi connectivity index (χ2n) is 5.12. The second-order valence-corrected chi connectivity index (χ2v) is 5.12. The van der Waals surface area contributed by atoms with Crippen molar-refractivity contribution in [3.05, 3.63) is 29.6 Å². The number of nitrogens with two attached hydrogens (primary N) is 1. The van der Waals surface area contributed by atoms with Crippen LogP contribution in [0.5, 0.6) is 0 Å². The van der Waals surface area contributed by atoms with Crippen molar-refractivity contribution in [2.75, 3.05) is 32.1 Å². The Kier molecular flexibility index (Phi) is 4.19. The molecular weight excluding hydrogens is 229 g/mol. The molecule has 1 aliphatic rings. The summed E-state index contributed by atoms with van der Waals surface area (Å²) in [6, 6.07) is 5.42. The summed E-state index contributed by atoms with van der Waals surface area (Å²) in [5.74, 6) is -0.212. The Bertz CT molecular complexity index is 400. The molecule has 0 aliphatic carbocycles. The summed E-state index contributed by atoms with van der Waals surface area (Å²) in [5, 5.41) is 0. The number of halogens is 1. The van der Waals surface area contributed by atoms with Gasteiger partial charge < -0.3 is 15.5 Å². The normalized spacial score (nSPS) is 18.0. The van der Waals surface area contributed by atoms with Crippen LogP contribution < -0.4 is 10.6 Å². The monoisotopic (exact) mass is 251 g/mol. The van der Waals surface area contributed by atoms with E-state index >= 15 is 0 Å². The van der Waals surface area contributed by atoms with Crippen molar-refractivity contribution in [3.63, 3.8) is 0 Å². The van der Waals surface area contributed by atoms with Crippen molar-refractivity contribution in [2.24, 2.45) is 5.73 Å². The van der Waals surface area contributed by atoms with Gasteiger partial charge in [-0.2, -0.15) is 0 Å². The van der Waals surface area contributed by atoms with Gasteiger partial charge >= 0.3 is 0 Å². The number of hydrogen-bond donors (Lipinski definition) is 1. The van der Waals surface area contributed by atoms with Crippen LogP contribution in [-0.4, -0.2) is 38.1 Å². The molecule has 1 heterocycles. The summed E-state index contributed by atoms with van der Waals surface area (Å²) in [4.78, 5) is 4.60. The van der Waals surface area contributed by atoms with Crippen molar-refractivity contribution in [1.29, 1.82) is 0 Å². The molecule has 0 aromatic heterocycles. The number of anilines is 1. The lowest BCUT2D eigenvalue weighted by Crippen LogP contribution is -2.42. The molecule has 1 fully saturated rings. The molecule has 0 unspecified atom stereocenters. The quantitative estimate of drug-likeness (QED) is 0.889. The van der Waals surface area contributed by atoms with E-state index in [1.165, 1.54) is 6.07 Å². The second kappa shape index (κ2) is 5.67. The number of piperidine rings is 1. The summed E-state index contributed by atoms with van der Waals surface area (Å²) in [6.45, 7) is 2.62. The summed E-state index contributed by atoms with van der Waals surface area (Å²) in [7, 11) is 4.24. The lowest BCUT2D eigenvalue weighted by atomic mass is 10.0. The van der Waals surface area contributed by atoms with Crippen LogP contribution in [0.4, 0.5) is 10.1 Å². The average molecular weight is 251 g/mol. The van der Waals surface area contributed by atoms with E-state index < -0.39 is 0 Å². The van der Waals surface area contributed by atoms with Crippen LogP contribution in [0.1, 0.15) is 18.4 Å². The first-order chi connectivity index (χ1) is 8.61. The highest BCUT2D eigenvalue weighted by Gasteiger charge is 2.22. The Morgan fingerprint density at radius 1 is 1.39 bits per heavy atom. The number of benzene rings is 1. The van der Waals surface area contributed by atoms with Gasteiger partial charge in [0.2, 0.25) is 0 Å². The van der Waals surface area contributed by atoms with Crippen LogP contribution in [0.3, 0.4) is 0 Å². The van der Waals surface area contributed by atoms with Gasteiger partial charge in [-0.3, -0.25) is 0 Å². The van der Waals surface area contributed by atoms with Crippen molar-refractivity contribution in [3.8, 4) is 0 Å². The molecule has 1 aromatic rings. The van der Waals surface area contributed by atoms with Gasteiger partial charge in [-0.15, -0.1) is 0 Å². The fourth-order valence-electron chi connectivity index (χ4n) is 2.64. The van der Waals surface area contributed by atoms with Gasteiger partial charge in [-0.1, -0.05) is 0 Å². The van der Waals surface area contributed by atoms with E-state index in [9.17, 15) is 4.39 Å². The number of likely N-dealkylation sites (tertiary alicyclic amines) is 1. The predicted molar refractivity (Wildman–Crippen MR) is 73.2 cm³/mol. The minimum absolute atomic E-state index is 0.212. The van der Waals surface area contributed by atoms with Crippen LogP contribution in [0.25, 0.3) is 0 Å².